The molecule has 0 aliphatic carbocycles. The predicted molar refractivity (Wildman–Crippen MR) is 61.4 cm³/mol. The van der Waals surface area contributed by atoms with Crippen molar-refractivity contribution in [3.05, 3.63) is 7.43 Å². The van der Waals surface area contributed by atoms with Gasteiger partial charge in [0.05, 0.1) is 0 Å². The maximum absolute atomic E-state index is 2.37. The zero-order valence-corrected chi connectivity index (χ0v) is 7.91. The summed E-state index contributed by atoms with van der Waals surface area (Å²) in [4.78, 5) is 0. The third kappa shape index (κ3) is 95.5. The molecule has 0 bridgehead atoms. The Bertz CT molecular complexity index is 10.4. The van der Waals surface area contributed by atoms with Gasteiger partial charge in [0.25, 0.3) is 0 Å². The molecule has 0 atom stereocenters. The van der Waals surface area contributed by atoms with E-state index < -0.39 is 0 Å². The van der Waals surface area contributed by atoms with Crippen LogP contribution in [-0.4, -0.2) is 0 Å². The maximum atomic E-state index is 2.37. The second kappa shape index (κ2) is 63.1. The summed E-state index contributed by atoms with van der Waals surface area (Å²) in [6, 6.07) is 0. The first-order chi connectivity index (χ1) is 1.41. The van der Waals surface area contributed by atoms with Crippen LogP contribution in [-0.2, 0) is 9.47 Å². The molecule has 0 heterocycles. The van der Waals surface area contributed by atoms with Gasteiger partial charge in [-0.15, -0.1) is 0 Å². The molecule has 0 amide bonds. The molecule has 0 rings (SSSR count). The third-order valence-electron chi connectivity index (χ3n) is 0. The number of rotatable bonds is 0. The number of hydrogen-bond donors (Lipinski definition) is 0. The fraction of sp³-hybridized carbons (Fsp3) is 0.800. The molecule has 0 aromatic heterocycles. The molecule has 0 aliphatic rings. The quantitative estimate of drug-likeness (QED) is 0.417. The first-order valence-electron chi connectivity index (χ1n) is 0.338. The molecule has 0 fully saturated rings. The Morgan fingerprint density at radius 2 is 0.750 bits per heavy atom. The van der Waals surface area contributed by atoms with Crippen molar-refractivity contribution in [2.45, 2.75) is 29.7 Å². The minimum absolute atomic E-state index is 0. The molecule has 0 N–H and O–H groups in total. The van der Waals surface area contributed by atoms with Gasteiger partial charge in [0.2, 0.25) is 0 Å². The van der Waals surface area contributed by atoms with Crippen LogP contribution < -0.4 is 0 Å². The first kappa shape index (κ1) is 50.2. The fourth-order valence-corrected chi connectivity index (χ4v) is 0. The average molecular weight is 384 g/mol. The first-order valence-corrected chi connectivity index (χ1v) is 9.35. The fourth-order valence-electron chi connectivity index (χ4n) is 0. The molecular weight excluding hydrogens is 365 g/mol. The van der Waals surface area contributed by atoms with E-state index in [1.807, 2.05) is 0 Å². The molecule has 3 heteroatoms. The van der Waals surface area contributed by atoms with E-state index in [0.29, 0.717) is 9.47 Å². The van der Waals surface area contributed by atoms with Gasteiger partial charge in [-0.1, -0.05) is 29.7 Å². The van der Waals surface area contributed by atoms with Crippen molar-refractivity contribution >= 4 is 40.0 Å². The Morgan fingerprint density at radius 3 is 0.750 bits per heavy atom. The van der Waals surface area contributed by atoms with Crippen LogP contribution in [0.15, 0.2) is 0 Å². The molecule has 0 unspecified atom stereocenters. The van der Waals surface area contributed by atoms with Crippen LogP contribution in [0.4, 0.5) is 0 Å². The summed E-state index contributed by atoms with van der Waals surface area (Å²) in [5.41, 5.74) is 0. The van der Waals surface area contributed by atoms with Crippen molar-refractivity contribution < 1.29 is 9.47 Å². The summed E-state index contributed by atoms with van der Waals surface area (Å²) < 4.78 is 0. The van der Waals surface area contributed by atoms with Crippen LogP contribution in [0.2, 0.25) is 0 Å². The van der Waals surface area contributed by atoms with Gasteiger partial charge in [-0.3, -0.25) is 0 Å². The molecule has 0 aromatic carbocycles. The predicted octanol–water partition coefficient (Wildman–Crippen LogP) is 4.76. The van der Waals surface area contributed by atoms with Gasteiger partial charge in [0.15, 0.2) is 0 Å². The van der Waals surface area contributed by atoms with Gasteiger partial charge in [-0.25, -0.2) is 0 Å². The summed E-state index contributed by atoms with van der Waals surface area (Å²) in [7, 11) is 0.628. The molecule has 0 aliphatic heterocycles. The standard InChI is InChI=1S/4CH4.CH3.2HI.V/h4*1H4;1H3;2*1H;/q;;;;-1;;;+2/p-2. The van der Waals surface area contributed by atoms with Gasteiger partial charge >= 0.3 is 49.4 Å². The molecule has 0 aromatic rings. The Morgan fingerprint density at radius 1 is 0.750 bits per heavy atom. The van der Waals surface area contributed by atoms with Crippen molar-refractivity contribution in [1.29, 1.82) is 0 Å². The normalized spacial score (nSPS) is 1.75. The Labute approximate surface area is 85.4 Å². The Hall–Kier alpha value is 2.04. The molecule has 0 radical (unpaired) electrons. The minimum atomic E-state index is 0. The van der Waals surface area contributed by atoms with Crippen LogP contribution in [0.5, 0.6) is 0 Å². The Balaban J connectivity index is -0.00000000200. The number of hydrogen-bond acceptors (Lipinski definition) is 0. The van der Waals surface area contributed by atoms with Crippen molar-refractivity contribution in [3.8, 4) is 0 Å². The van der Waals surface area contributed by atoms with Gasteiger partial charge in [-0.05, 0) is 0 Å². The van der Waals surface area contributed by atoms with E-state index in [4.69, 9.17) is 0 Å². The molecule has 0 saturated carbocycles. The van der Waals surface area contributed by atoms with Crippen LogP contribution in [0.25, 0.3) is 0 Å². The van der Waals surface area contributed by atoms with Gasteiger partial charge in [0.1, 0.15) is 0 Å². The van der Waals surface area contributed by atoms with Crippen LogP contribution in [0.3, 0.4) is 0 Å². The summed E-state index contributed by atoms with van der Waals surface area (Å²) >= 11 is 4.74. The summed E-state index contributed by atoms with van der Waals surface area (Å²) in [5.74, 6) is 0. The van der Waals surface area contributed by atoms with Crippen LogP contribution >= 0.6 is 40.0 Å². The van der Waals surface area contributed by atoms with E-state index >= 15 is 0 Å². The van der Waals surface area contributed by atoms with Gasteiger partial charge < -0.3 is 7.43 Å². The zero-order chi connectivity index (χ0) is 2.71. The van der Waals surface area contributed by atoms with Crippen LogP contribution in [0, 0.1) is 7.43 Å². The average Bonchev–Trinajstić information content (AvgIpc) is 0.918. The second-order valence-electron chi connectivity index (χ2n) is 0.0639. The van der Waals surface area contributed by atoms with Crippen molar-refractivity contribution in [3.63, 3.8) is 0 Å². The summed E-state index contributed by atoms with van der Waals surface area (Å²) in [6.07, 6.45) is 0. The van der Waals surface area contributed by atoms with E-state index in [9.17, 15) is 0 Å². The van der Waals surface area contributed by atoms with Crippen molar-refractivity contribution in [1.82, 2.24) is 0 Å². The molecule has 59 valence electrons. The van der Waals surface area contributed by atoms with E-state index in [2.05, 4.69) is 40.0 Å². The molecule has 0 saturated heterocycles. The van der Waals surface area contributed by atoms with Crippen molar-refractivity contribution in [2.75, 3.05) is 0 Å². The summed E-state index contributed by atoms with van der Waals surface area (Å²) in [5, 5.41) is 0. The van der Waals surface area contributed by atoms with Crippen LogP contribution in [0.1, 0.15) is 29.7 Å². The monoisotopic (exact) mass is 384 g/mol. The van der Waals surface area contributed by atoms with E-state index in [1.54, 1.807) is 0 Å². The van der Waals surface area contributed by atoms with E-state index in [1.165, 1.54) is 0 Å². The van der Waals surface area contributed by atoms with Gasteiger partial charge in [-0.2, -0.15) is 0 Å². The SMILES string of the molecule is C.C.C.C.[CH3-].[I][V][I]. The number of halogens is 2. The van der Waals surface area contributed by atoms with E-state index in [-0.39, 0.29) is 37.1 Å². The third-order valence-corrected chi connectivity index (χ3v) is 0. The Kier molecular flexibility index (Phi) is 397. The zero-order valence-electron chi connectivity index (χ0n) is 2.20. The second-order valence-corrected chi connectivity index (χ2v) is 11.9. The van der Waals surface area contributed by atoms with E-state index in [0.717, 1.165) is 0 Å². The van der Waals surface area contributed by atoms with Gasteiger partial charge in [0, 0.05) is 0 Å². The van der Waals surface area contributed by atoms with Crippen molar-refractivity contribution in [2.24, 2.45) is 0 Å². The topological polar surface area (TPSA) is 0 Å². The molecular formula is C5H19I2V-. The molecule has 8 heavy (non-hydrogen) atoms. The molecule has 0 nitrogen and oxygen atoms in total. The molecule has 0 spiro atoms. The summed E-state index contributed by atoms with van der Waals surface area (Å²) in [6.45, 7) is 0.